The van der Waals surface area contributed by atoms with Gasteiger partial charge in [-0.05, 0) is 23.8 Å². The van der Waals surface area contributed by atoms with E-state index in [1.807, 2.05) is 30.3 Å². The molecule has 0 radical (unpaired) electrons. The van der Waals surface area contributed by atoms with Crippen molar-refractivity contribution in [2.24, 2.45) is 0 Å². The van der Waals surface area contributed by atoms with Gasteiger partial charge in [0.2, 0.25) is 0 Å². The Morgan fingerprint density at radius 1 is 1.00 bits per heavy atom. The Morgan fingerprint density at radius 3 is 2.40 bits per heavy atom. The fraction of sp³-hybridized carbons (Fsp3) is 0. The van der Waals surface area contributed by atoms with Crippen molar-refractivity contribution in [3.05, 3.63) is 46.9 Å². The SMILES string of the molecule is Nc1ccc(-c2ccccc2Br)c(O)c1. The first-order valence-corrected chi connectivity index (χ1v) is 5.31. The van der Waals surface area contributed by atoms with Gasteiger partial charge in [0.1, 0.15) is 5.75 Å². The molecule has 2 nitrogen and oxygen atoms in total. The van der Waals surface area contributed by atoms with Crippen LogP contribution in [0.1, 0.15) is 0 Å². The fourth-order valence-electron chi connectivity index (χ4n) is 1.46. The maximum Gasteiger partial charge on any atom is 0.125 e. The zero-order chi connectivity index (χ0) is 10.8. The second-order valence-electron chi connectivity index (χ2n) is 3.26. The largest absolute Gasteiger partial charge is 0.507 e. The average molecular weight is 264 g/mol. The lowest BCUT2D eigenvalue weighted by Gasteiger charge is -2.07. The summed E-state index contributed by atoms with van der Waals surface area (Å²) in [4.78, 5) is 0. The fourth-order valence-corrected chi connectivity index (χ4v) is 1.95. The number of benzene rings is 2. The van der Waals surface area contributed by atoms with Crippen LogP contribution in [0.25, 0.3) is 11.1 Å². The van der Waals surface area contributed by atoms with Gasteiger partial charge in [-0.2, -0.15) is 0 Å². The molecule has 0 fully saturated rings. The van der Waals surface area contributed by atoms with Gasteiger partial charge in [-0.15, -0.1) is 0 Å². The van der Waals surface area contributed by atoms with Gasteiger partial charge >= 0.3 is 0 Å². The van der Waals surface area contributed by atoms with Crippen LogP contribution in [0.2, 0.25) is 0 Å². The Hall–Kier alpha value is -1.48. The molecule has 0 aliphatic rings. The van der Waals surface area contributed by atoms with Crippen LogP contribution < -0.4 is 5.73 Å². The minimum atomic E-state index is 0.196. The summed E-state index contributed by atoms with van der Waals surface area (Å²) in [7, 11) is 0. The lowest BCUT2D eigenvalue weighted by molar-refractivity contribution is 0.477. The maximum atomic E-state index is 9.77. The highest BCUT2D eigenvalue weighted by atomic mass is 79.9. The number of phenols is 1. The van der Waals surface area contributed by atoms with E-state index in [2.05, 4.69) is 15.9 Å². The van der Waals surface area contributed by atoms with Crippen LogP contribution in [0.5, 0.6) is 5.75 Å². The van der Waals surface area contributed by atoms with Crippen molar-refractivity contribution in [3.8, 4) is 16.9 Å². The van der Waals surface area contributed by atoms with E-state index in [1.165, 1.54) is 0 Å². The van der Waals surface area contributed by atoms with E-state index in [9.17, 15) is 5.11 Å². The molecule has 0 saturated carbocycles. The third-order valence-electron chi connectivity index (χ3n) is 2.19. The van der Waals surface area contributed by atoms with E-state index >= 15 is 0 Å². The Morgan fingerprint density at radius 2 is 1.73 bits per heavy atom. The Labute approximate surface area is 96.5 Å². The van der Waals surface area contributed by atoms with Gasteiger partial charge in [0, 0.05) is 21.8 Å². The molecule has 3 heteroatoms. The molecule has 15 heavy (non-hydrogen) atoms. The van der Waals surface area contributed by atoms with Crippen molar-refractivity contribution >= 4 is 21.6 Å². The highest BCUT2D eigenvalue weighted by Gasteiger charge is 2.06. The molecule has 0 aliphatic heterocycles. The molecule has 2 aromatic carbocycles. The van der Waals surface area contributed by atoms with Gasteiger partial charge < -0.3 is 10.8 Å². The predicted octanol–water partition coefficient (Wildman–Crippen LogP) is 3.40. The minimum absolute atomic E-state index is 0.196. The first-order chi connectivity index (χ1) is 7.18. The van der Waals surface area contributed by atoms with Gasteiger partial charge in [0.25, 0.3) is 0 Å². The Bertz CT molecular complexity index is 497. The number of nitrogens with two attached hydrogens (primary N) is 1. The molecule has 2 aromatic rings. The first kappa shape index (κ1) is 10.1. The Balaban J connectivity index is 2.60. The zero-order valence-corrected chi connectivity index (χ0v) is 9.53. The number of phenolic OH excluding ortho intramolecular Hbond substituents is 1. The van der Waals surface area contributed by atoms with E-state index in [0.29, 0.717) is 5.69 Å². The molecule has 3 N–H and O–H groups in total. The summed E-state index contributed by atoms with van der Waals surface area (Å²) in [6.45, 7) is 0. The van der Waals surface area contributed by atoms with Crippen molar-refractivity contribution in [1.29, 1.82) is 0 Å². The molecule has 0 spiro atoms. The molecule has 0 unspecified atom stereocenters. The number of anilines is 1. The standard InChI is InChI=1S/C12H10BrNO/c13-11-4-2-1-3-9(11)10-6-5-8(14)7-12(10)15/h1-7,15H,14H2. The zero-order valence-electron chi connectivity index (χ0n) is 7.94. The van der Waals surface area contributed by atoms with Gasteiger partial charge in [-0.1, -0.05) is 34.1 Å². The maximum absolute atomic E-state index is 9.77. The molecular formula is C12H10BrNO. The van der Waals surface area contributed by atoms with Gasteiger partial charge in [0.05, 0.1) is 0 Å². The van der Waals surface area contributed by atoms with Gasteiger partial charge in [0.15, 0.2) is 0 Å². The second-order valence-corrected chi connectivity index (χ2v) is 4.11. The molecule has 0 saturated heterocycles. The van der Waals surface area contributed by atoms with Crippen LogP contribution in [-0.2, 0) is 0 Å². The molecular weight excluding hydrogens is 254 g/mol. The Kier molecular flexibility index (Phi) is 2.64. The molecule has 0 aromatic heterocycles. The van der Waals surface area contributed by atoms with Crippen LogP contribution >= 0.6 is 15.9 Å². The van der Waals surface area contributed by atoms with E-state index < -0.39 is 0 Å². The van der Waals surface area contributed by atoms with Crippen molar-refractivity contribution in [2.45, 2.75) is 0 Å². The first-order valence-electron chi connectivity index (χ1n) is 4.52. The number of hydrogen-bond donors (Lipinski definition) is 2. The number of hydrogen-bond acceptors (Lipinski definition) is 2. The van der Waals surface area contributed by atoms with E-state index in [-0.39, 0.29) is 5.75 Å². The summed E-state index contributed by atoms with van der Waals surface area (Å²) < 4.78 is 0.949. The third-order valence-corrected chi connectivity index (χ3v) is 2.88. The molecule has 0 bridgehead atoms. The molecule has 0 heterocycles. The van der Waals surface area contributed by atoms with Crippen LogP contribution in [0.15, 0.2) is 46.9 Å². The van der Waals surface area contributed by atoms with E-state index in [4.69, 9.17) is 5.73 Å². The van der Waals surface area contributed by atoms with Gasteiger partial charge in [-0.3, -0.25) is 0 Å². The van der Waals surface area contributed by atoms with Crippen molar-refractivity contribution in [2.75, 3.05) is 5.73 Å². The van der Waals surface area contributed by atoms with Gasteiger partial charge in [-0.25, -0.2) is 0 Å². The minimum Gasteiger partial charge on any atom is -0.507 e. The lowest BCUT2D eigenvalue weighted by atomic mass is 10.0. The summed E-state index contributed by atoms with van der Waals surface area (Å²) in [5.41, 5.74) is 7.86. The van der Waals surface area contributed by atoms with Crippen molar-refractivity contribution in [1.82, 2.24) is 0 Å². The lowest BCUT2D eigenvalue weighted by Crippen LogP contribution is -1.86. The van der Waals surface area contributed by atoms with Crippen LogP contribution in [0, 0.1) is 0 Å². The third kappa shape index (κ3) is 1.97. The predicted molar refractivity (Wildman–Crippen MR) is 65.7 cm³/mol. The summed E-state index contributed by atoms with van der Waals surface area (Å²) in [6, 6.07) is 12.9. The summed E-state index contributed by atoms with van der Waals surface area (Å²) in [6.07, 6.45) is 0. The monoisotopic (exact) mass is 263 g/mol. The molecule has 0 aliphatic carbocycles. The summed E-state index contributed by atoms with van der Waals surface area (Å²) in [5.74, 6) is 0.196. The second kappa shape index (κ2) is 3.95. The smallest absolute Gasteiger partial charge is 0.125 e. The van der Waals surface area contributed by atoms with Crippen LogP contribution in [0.3, 0.4) is 0 Å². The van der Waals surface area contributed by atoms with E-state index in [1.54, 1.807) is 12.1 Å². The molecule has 2 rings (SSSR count). The average Bonchev–Trinajstić information content (AvgIpc) is 2.20. The van der Waals surface area contributed by atoms with Crippen molar-refractivity contribution < 1.29 is 5.11 Å². The molecule has 0 amide bonds. The van der Waals surface area contributed by atoms with Crippen molar-refractivity contribution in [3.63, 3.8) is 0 Å². The normalized spacial score (nSPS) is 10.2. The highest BCUT2D eigenvalue weighted by Crippen LogP contribution is 2.35. The van der Waals surface area contributed by atoms with Crippen LogP contribution in [-0.4, -0.2) is 5.11 Å². The quantitative estimate of drug-likeness (QED) is 0.775. The molecule has 76 valence electrons. The number of halogens is 1. The van der Waals surface area contributed by atoms with Crippen LogP contribution in [0.4, 0.5) is 5.69 Å². The van der Waals surface area contributed by atoms with E-state index in [0.717, 1.165) is 15.6 Å². The topological polar surface area (TPSA) is 46.2 Å². The molecule has 0 atom stereocenters. The highest BCUT2D eigenvalue weighted by molar-refractivity contribution is 9.10. The summed E-state index contributed by atoms with van der Waals surface area (Å²) >= 11 is 3.44. The number of aromatic hydroxyl groups is 1. The summed E-state index contributed by atoms with van der Waals surface area (Å²) in [5, 5.41) is 9.77. The number of rotatable bonds is 1. The number of nitrogen functional groups attached to an aromatic ring is 1.